The van der Waals surface area contributed by atoms with Gasteiger partial charge in [0.2, 0.25) is 0 Å². The SMILES string of the molecule is O=C(c1ccc(OCCN2CCCC2)cc1)c1c(-c2ccc(O)cc2)sc2cc(P(=O)(O)O)ccc12. The molecule has 1 aliphatic rings. The lowest BCUT2D eigenvalue weighted by Gasteiger charge is -2.15. The van der Waals surface area contributed by atoms with Crippen LogP contribution in [-0.2, 0) is 4.57 Å². The standard InChI is InChI=1S/C27H26NO6PS/c29-20-7-3-19(4-8-20)27-25(23-12-11-22(35(31,32)33)17-24(23)36-27)26(30)18-5-9-21(10-6-18)34-16-15-28-13-1-2-14-28/h3-12,17,29H,1-2,13-16H2,(H2,31,32,33). The van der Waals surface area contributed by atoms with Crippen molar-refractivity contribution in [2.45, 2.75) is 12.8 Å². The summed E-state index contributed by atoms with van der Waals surface area (Å²) in [6.07, 6.45) is 2.47. The minimum atomic E-state index is -4.44. The first-order valence-electron chi connectivity index (χ1n) is 11.7. The monoisotopic (exact) mass is 523 g/mol. The van der Waals surface area contributed by atoms with Gasteiger partial charge in [0.25, 0.3) is 0 Å². The summed E-state index contributed by atoms with van der Waals surface area (Å²) in [6, 6.07) is 18.0. The van der Waals surface area contributed by atoms with E-state index in [0.29, 0.717) is 38.4 Å². The number of benzene rings is 3. The molecule has 0 bridgehead atoms. The van der Waals surface area contributed by atoms with E-state index in [9.17, 15) is 24.3 Å². The van der Waals surface area contributed by atoms with Crippen LogP contribution in [0, 0.1) is 0 Å². The van der Waals surface area contributed by atoms with Gasteiger partial charge in [0.1, 0.15) is 18.1 Å². The Morgan fingerprint density at radius 2 is 1.67 bits per heavy atom. The topological polar surface area (TPSA) is 107 Å². The molecule has 0 unspecified atom stereocenters. The largest absolute Gasteiger partial charge is 0.508 e. The number of carbonyl (C=O) groups excluding carboxylic acids is 1. The number of fused-ring (bicyclic) bond motifs is 1. The zero-order valence-electron chi connectivity index (χ0n) is 19.5. The van der Waals surface area contributed by atoms with Gasteiger partial charge < -0.3 is 19.6 Å². The van der Waals surface area contributed by atoms with E-state index in [4.69, 9.17) is 4.74 Å². The third-order valence-corrected chi connectivity index (χ3v) is 8.51. The highest BCUT2D eigenvalue weighted by atomic mass is 32.1. The summed E-state index contributed by atoms with van der Waals surface area (Å²) < 4.78 is 18.3. The highest BCUT2D eigenvalue weighted by Gasteiger charge is 2.24. The lowest BCUT2D eigenvalue weighted by molar-refractivity contribution is 0.104. The van der Waals surface area contributed by atoms with Crippen molar-refractivity contribution in [1.82, 2.24) is 4.90 Å². The minimum Gasteiger partial charge on any atom is -0.508 e. The molecule has 1 aromatic heterocycles. The molecule has 0 atom stereocenters. The molecular weight excluding hydrogens is 497 g/mol. The van der Waals surface area contributed by atoms with Crippen LogP contribution >= 0.6 is 18.9 Å². The molecule has 36 heavy (non-hydrogen) atoms. The molecule has 2 heterocycles. The second-order valence-electron chi connectivity index (χ2n) is 8.83. The van der Waals surface area contributed by atoms with Crippen LogP contribution in [0.3, 0.4) is 0 Å². The van der Waals surface area contributed by atoms with Crippen LogP contribution in [0.15, 0.2) is 66.7 Å². The number of thiophene rings is 1. The molecule has 5 rings (SSSR count). The van der Waals surface area contributed by atoms with Crippen molar-refractivity contribution in [3.05, 3.63) is 77.9 Å². The van der Waals surface area contributed by atoms with Crippen LogP contribution in [0.5, 0.6) is 11.5 Å². The third kappa shape index (κ3) is 5.24. The fourth-order valence-electron chi connectivity index (χ4n) is 4.45. The molecule has 3 N–H and O–H groups in total. The molecule has 1 fully saturated rings. The fraction of sp³-hybridized carbons (Fsp3) is 0.222. The first-order chi connectivity index (χ1) is 17.3. The number of phenolic OH excluding ortho intramolecular Hbond substituents is 1. The molecule has 186 valence electrons. The molecule has 9 heteroatoms. The lowest BCUT2D eigenvalue weighted by Crippen LogP contribution is -2.25. The van der Waals surface area contributed by atoms with Gasteiger partial charge >= 0.3 is 7.60 Å². The second-order valence-corrected chi connectivity index (χ2v) is 11.5. The second kappa shape index (κ2) is 10.2. The number of ketones is 1. The van der Waals surface area contributed by atoms with E-state index in [0.717, 1.165) is 25.2 Å². The first-order valence-corrected chi connectivity index (χ1v) is 14.1. The van der Waals surface area contributed by atoms with Crippen molar-refractivity contribution in [3.8, 4) is 21.9 Å². The van der Waals surface area contributed by atoms with Crippen molar-refractivity contribution in [1.29, 1.82) is 0 Å². The Morgan fingerprint density at radius 3 is 2.33 bits per heavy atom. The lowest BCUT2D eigenvalue weighted by atomic mass is 9.97. The predicted octanol–water partition coefficient (Wildman–Crippen LogP) is 4.78. The van der Waals surface area contributed by atoms with Gasteiger partial charge in [-0.2, -0.15) is 0 Å². The van der Waals surface area contributed by atoms with Crippen molar-refractivity contribution < 1.29 is 29.0 Å². The maximum atomic E-state index is 13.7. The molecule has 0 radical (unpaired) electrons. The summed E-state index contributed by atoms with van der Waals surface area (Å²) >= 11 is 1.29. The Kier molecular flexibility index (Phi) is 6.97. The average molecular weight is 524 g/mol. The summed E-state index contributed by atoms with van der Waals surface area (Å²) in [6.45, 7) is 3.71. The zero-order valence-corrected chi connectivity index (χ0v) is 21.2. The molecule has 0 saturated carbocycles. The maximum Gasteiger partial charge on any atom is 0.356 e. The van der Waals surface area contributed by atoms with Gasteiger partial charge in [0, 0.05) is 32.6 Å². The van der Waals surface area contributed by atoms with Gasteiger partial charge in [-0.25, -0.2) is 0 Å². The number of nitrogens with zero attached hydrogens (tertiary/aromatic N) is 1. The summed E-state index contributed by atoms with van der Waals surface area (Å²) in [5, 5.41) is 10.2. The quantitative estimate of drug-likeness (QED) is 0.225. The highest BCUT2D eigenvalue weighted by Crippen LogP contribution is 2.42. The molecular formula is C27H26NO6PS. The number of aromatic hydroxyl groups is 1. The van der Waals surface area contributed by atoms with E-state index in [1.807, 2.05) is 0 Å². The molecule has 4 aromatic rings. The molecule has 7 nitrogen and oxygen atoms in total. The summed E-state index contributed by atoms with van der Waals surface area (Å²) in [5.74, 6) is 0.611. The third-order valence-electron chi connectivity index (χ3n) is 6.36. The van der Waals surface area contributed by atoms with E-state index in [-0.39, 0.29) is 16.8 Å². The number of carbonyl (C=O) groups is 1. The molecule has 1 saturated heterocycles. The van der Waals surface area contributed by atoms with Gasteiger partial charge in [-0.3, -0.25) is 14.3 Å². The number of rotatable bonds is 8. The van der Waals surface area contributed by atoms with E-state index < -0.39 is 7.60 Å². The summed E-state index contributed by atoms with van der Waals surface area (Å²) in [5.41, 5.74) is 1.68. The summed E-state index contributed by atoms with van der Waals surface area (Å²) in [7, 11) is -4.44. The fourth-order valence-corrected chi connectivity index (χ4v) is 6.35. The smallest absolute Gasteiger partial charge is 0.356 e. The van der Waals surface area contributed by atoms with Crippen LogP contribution in [0.2, 0.25) is 0 Å². The Balaban J connectivity index is 1.46. The molecule has 1 aliphatic heterocycles. The van der Waals surface area contributed by atoms with Gasteiger partial charge in [-0.1, -0.05) is 6.07 Å². The van der Waals surface area contributed by atoms with Crippen molar-refractivity contribution in [3.63, 3.8) is 0 Å². The number of hydrogen-bond acceptors (Lipinski definition) is 6. The highest BCUT2D eigenvalue weighted by molar-refractivity contribution is 7.60. The Hall–Kier alpha value is -3.00. The van der Waals surface area contributed by atoms with E-state index in [1.54, 1.807) is 54.6 Å². The molecule has 0 aliphatic carbocycles. The van der Waals surface area contributed by atoms with Gasteiger partial charge in [-0.15, -0.1) is 11.3 Å². The predicted molar refractivity (Wildman–Crippen MR) is 142 cm³/mol. The Bertz CT molecular complexity index is 1440. The van der Waals surface area contributed by atoms with Crippen molar-refractivity contribution in [2.75, 3.05) is 26.2 Å². The van der Waals surface area contributed by atoms with Crippen LogP contribution < -0.4 is 10.0 Å². The normalized spacial score (nSPS) is 14.4. The summed E-state index contributed by atoms with van der Waals surface area (Å²) in [4.78, 5) is 36.0. The van der Waals surface area contributed by atoms with Gasteiger partial charge in [-0.05, 0) is 92.2 Å². The van der Waals surface area contributed by atoms with Gasteiger partial charge in [0.15, 0.2) is 5.78 Å². The Labute approximate surface area is 212 Å². The van der Waals surface area contributed by atoms with Crippen molar-refractivity contribution in [2.24, 2.45) is 0 Å². The van der Waals surface area contributed by atoms with E-state index in [2.05, 4.69) is 4.90 Å². The molecule has 0 spiro atoms. The molecule has 0 amide bonds. The van der Waals surface area contributed by atoms with E-state index >= 15 is 0 Å². The van der Waals surface area contributed by atoms with Crippen LogP contribution in [0.25, 0.3) is 20.5 Å². The van der Waals surface area contributed by atoms with Crippen molar-refractivity contribution >= 4 is 40.1 Å². The average Bonchev–Trinajstić information content (AvgIpc) is 3.51. The first kappa shape index (κ1) is 24.7. The minimum absolute atomic E-state index is 0.0945. The number of phenols is 1. The van der Waals surface area contributed by atoms with E-state index in [1.165, 1.54) is 36.3 Å². The Morgan fingerprint density at radius 1 is 0.972 bits per heavy atom. The van der Waals surface area contributed by atoms with Crippen LogP contribution in [0.1, 0.15) is 28.8 Å². The number of hydrogen-bond donors (Lipinski definition) is 3. The van der Waals surface area contributed by atoms with Gasteiger partial charge in [0.05, 0.1) is 5.30 Å². The number of ether oxygens (including phenoxy) is 1. The number of likely N-dealkylation sites (tertiary alicyclic amines) is 1. The van der Waals surface area contributed by atoms with Crippen LogP contribution in [-0.4, -0.2) is 51.8 Å². The molecule has 3 aromatic carbocycles. The van der Waals surface area contributed by atoms with Crippen LogP contribution in [0.4, 0.5) is 0 Å². The maximum absolute atomic E-state index is 13.7. The zero-order chi connectivity index (χ0) is 25.3.